The SMILES string of the molecule is COC(=O)C[C@H]1CCC[C@@H]1[C@](CN1CCOCC1)(c1cccc(F)c1)C1CCN(CC2(F)CN(c3cc(CN4CCC4)c(C#N)cc3F)C2)CC1. The molecule has 1 aliphatic carbocycles. The number of rotatable bonds is 12. The lowest BCUT2D eigenvalue weighted by Gasteiger charge is -2.54. The average molecular weight is 708 g/mol. The monoisotopic (exact) mass is 707 g/mol. The predicted molar refractivity (Wildman–Crippen MR) is 189 cm³/mol. The maximum absolute atomic E-state index is 16.3. The highest BCUT2D eigenvalue weighted by atomic mass is 19.1. The Morgan fingerprint density at radius 3 is 2.41 bits per heavy atom. The van der Waals surface area contributed by atoms with E-state index in [4.69, 9.17) is 9.47 Å². The molecule has 7 rings (SSSR count). The molecule has 4 heterocycles. The maximum atomic E-state index is 16.3. The number of hydrogen-bond donors (Lipinski definition) is 0. The number of carbonyl (C=O) groups is 1. The second kappa shape index (κ2) is 15.4. The van der Waals surface area contributed by atoms with Gasteiger partial charge in [0.2, 0.25) is 0 Å². The van der Waals surface area contributed by atoms with Gasteiger partial charge in [0.1, 0.15) is 11.6 Å². The van der Waals surface area contributed by atoms with Gasteiger partial charge in [0.05, 0.1) is 50.7 Å². The van der Waals surface area contributed by atoms with Gasteiger partial charge >= 0.3 is 5.97 Å². The number of halogens is 3. The van der Waals surface area contributed by atoms with Gasteiger partial charge in [0.15, 0.2) is 5.67 Å². The second-order valence-electron chi connectivity index (χ2n) is 15.8. The van der Waals surface area contributed by atoms with Gasteiger partial charge in [-0.2, -0.15) is 5.26 Å². The van der Waals surface area contributed by atoms with E-state index in [0.717, 1.165) is 95.5 Å². The Labute approximate surface area is 300 Å². The summed E-state index contributed by atoms with van der Waals surface area (Å²) in [7, 11) is 1.45. The molecule has 2 aromatic rings. The van der Waals surface area contributed by atoms with E-state index in [9.17, 15) is 10.1 Å². The molecule has 0 amide bonds. The summed E-state index contributed by atoms with van der Waals surface area (Å²) in [5, 5.41) is 9.60. The largest absolute Gasteiger partial charge is 0.469 e. The molecule has 51 heavy (non-hydrogen) atoms. The number of likely N-dealkylation sites (tertiary alicyclic amines) is 2. The van der Waals surface area contributed by atoms with Gasteiger partial charge in [-0.1, -0.05) is 18.6 Å². The van der Waals surface area contributed by atoms with Crippen molar-refractivity contribution in [2.75, 3.05) is 90.7 Å². The first kappa shape index (κ1) is 36.2. The summed E-state index contributed by atoms with van der Waals surface area (Å²) < 4.78 is 57.4. The van der Waals surface area contributed by atoms with Gasteiger partial charge in [0, 0.05) is 44.6 Å². The molecule has 0 unspecified atom stereocenters. The zero-order valence-electron chi connectivity index (χ0n) is 29.9. The number of alkyl halides is 1. The van der Waals surface area contributed by atoms with Gasteiger partial charge < -0.3 is 14.4 Å². The molecule has 0 radical (unpaired) electrons. The topological polar surface area (TPSA) is 72.3 Å². The molecule has 0 spiro atoms. The Morgan fingerprint density at radius 2 is 1.75 bits per heavy atom. The minimum Gasteiger partial charge on any atom is -0.469 e. The van der Waals surface area contributed by atoms with Crippen LogP contribution in [0.2, 0.25) is 0 Å². The summed E-state index contributed by atoms with van der Waals surface area (Å²) in [5.74, 6) is -0.389. The summed E-state index contributed by atoms with van der Waals surface area (Å²) in [4.78, 5) is 21.3. The van der Waals surface area contributed by atoms with E-state index in [1.807, 2.05) is 6.07 Å². The van der Waals surface area contributed by atoms with Crippen molar-refractivity contribution in [3.05, 3.63) is 64.7 Å². The Kier molecular flexibility index (Phi) is 11.0. The van der Waals surface area contributed by atoms with E-state index in [0.29, 0.717) is 37.4 Å². The molecule has 3 atom stereocenters. The Balaban J connectivity index is 1.08. The third-order valence-corrected chi connectivity index (χ3v) is 12.7. The molecule has 11 heteroatoms. The van der Waals surface area contributed by atoms with E-state index in [1.54, 1.807) is 17.0 Å². The lowest BCUT2D eigenvalue weighted by molar-refractivity contribution is -0.142. The quantitative estimate of drug-likeness (QED) is 0.267. The van der Waals surface area contributed by atoms with Crippen LogP contribution in [0.3, 0.4) is 0 Å². The summed E-state index contributed by atoms with van der Waals surface area (Å²) in [5.41, 5.74) is 0.663. The van der Waals surface area contributed by atoms with Crippen molar-refractivity contribution < 1.29 is 27.4 Å². The number of anilines is 1. The van der Waals surface area contributed by atoms with Crippen molar-refractivity contribution in [3.63, 3.8) is 0 Å². The molecule has 5 fully saturated rings. The highest BCUT2D eigenvalue weighted by Crippen LogP contribution is 2.54. The van der Waals surface area contributed by atoms with E-state index in [-0.39, 0.29) is 54.6 Å². The Morgan fingerprint density at radius 1 is 0.980 bits per heavy atom. The lowest BCUT2D eigenvalue weighted by Crippen LogP contribution is -2.65. The molecule has 8 nitrogen and oxygen atoms in total. The number of morpholine rings is 1. The van der Waals surface area contributed by atoms with Crippen LogP contribution in [0.5, 0.6) is 0 Å². The average Bonchev–Trinajstić information content (AvgIpc) is 3.57. The van der Waals surface area contributed by atoms with Crippen molar-refractivity contribution in [1.82, 2.24) is 14.7 Å². The van der Waals surface area contributed by atoms with Crippen LogP contribution in [0.25, 0.3) is 0 Å². The second-order valence-corrected chi connectivity index (χ2v) is 15.8. The van der Waals surface area contributed by atoms with E-state index < -0.39 is 11.5 Å². The molecule has 5 aliphatic rings. The van der Waals surface area contributed by atoms with Gasteiger partial charge in [-0.3, -0.25) is 19.5 Å². The van der Waals surface area contributed by atoms with Crippen molar-refractivity contribution in [2.24, 2.45) is 17.8 Å². The number of esters is 1. The highest BCUT2D eigenvalue weighted by molar-refractivity contribution is 5.69. The fourth-order valence-electron chi connectivity index (χ4n) is 10.0. The molecule has 0 N–H and O–H groups in total. The molecule has 4 aliphatic heterocycles. The van der Waals surface area contributed by atoms with Gasteiger partial charge in [-0.25, -0.2) is 13.2 Å². The summed E-state index contributed by atoms with van der Waals surface area (Å²) in [6, 6.07) is 12.3. The summed E-state index contributed by atoms with van der Waals surface area (Å²) in [6.45, 7) is 8.19. The zero-order chi connectivity index (χ0) is 35.6. The number of nitrogens with zero attached hydrogens (tertiary/aromatic N) is 5. The minimum atomic E-state index is -1.46. The summed E-state index contributed by atoms with van der Waals surface area (Å²) >= 11 is 0. The summed E-state index contributed by atoms with van der Waals surface area (Å²) in [6.07, 6.45) is 6.10. The van der Waals surface area contributed by atoms with Crippen molar-refractivity contribution in [3.8, 4) is 6.07 Å². The first-order chi connectivity index (χ1) is 24.7. The molecule has 1 saturated carbocycles. The molecule has 276 valence electrons. The minimum absolute atomic E-state index is 0.112. The molecule has 4 saturated heterocycles. The number of benzene rings is 2. The van der Waals surface area contributed by atoms with Crippen LogP contribution in [0, 0.1) is 40.7 Å². The van der Waals surface area contributed by atoms with Gasteiger partial charge in [-0.15, -0.1) is 0 Å². The molecular weight excluding hydrogens is 655 g/mol. The van der Waals surface area contributed by atoms with Crippen LogP contribution >= 0.6 is 0 Å². The smallest absolute Gasteiger partial charge is 0.305 e. The number of methoxy groups -OCH3 is 1. The first-order valence-electron chi connectivity index (χ1n) is 18.9. The van der Waals surface area contributed by atoms with E-state index in [1.165, 1.54) is 19.2 Å². The first-order valence-corrected chi connectivity index (χ1v) is 18.9. The maximum Gasteiger partial charge on any atom is 0.305 e. The van der Waals surface area contributed by atoms with Crippen LogP contribution in [-0.4, -0.2) is 112 Å². The fraction of sp³-hybridized carbons (Fsp3) is 0.650. The molecule has 2 aromatic carbocycles. The van der Waals surface area contributed by atoms with Crippen LogP contribution in [-0.2, 0) is 26.2 Å². The Bertz CT molecular complexity index is 1580. The zero-order valence-corrected chi connectivity index (χ0v) is 29.9. The third kappa shape index (κ3) is 7.66. The standard InChI is InChI=1S/C40H52F3N5O3/c1-50-38(49)21-29-5-2-8-35(29)40(28-47-15-17-51-18-16-47,33-6-3-7-34(41)22-33)32-9-13-46(14-10-32)25-39(43)26-48(27-39)37-20-31(24-45-11-4-12-45)30(23-44)19-36(37)42/h3,6-7,19-20,22,29,32,35H,2,4-5,8-18,21,24-28H2,1H3/t29-,35+,40+/m1/s1. The van der Waals surface area contributed by atoms with Crippen LogP contribution < -0.4 is 4.90 Å². The number of ether oxygens (including phenoxy) is 2. The van der Waals surface area contributed by atoms with E-state index >= 15 is 13.2 Å². The van der Waals surface area contributed by atoms with Crippen LogP contribution in [0.1, 0.15) is 61.6 Å². The van der Waals surface area contributed by atoms with Crippen molar-refractivity contribution in [2.45, 2.75) is 62.6 Å². The molecule has 0 aromatic heterocycles. The van der Waals surface area contributed by atoms with Crippen molar-refractivity contribution >= 4 is 11.7 Å². The number of nitriles is 1. The van der Waals surface area contributed by atoms with E-state index in [2.05, 4.69) is 26.8 Å². The Hall–Kier alpha value is -3.17. The van der Waals surface area contributed by atoms with Crippen molar-refractivity contribution in [1.29, 1.82) is 5.26 Å². The van der Waals surface area contributed by atoms with Gasteiger partial charge in [0.25, 0.3) is 0 Å². The predicted octanol–water partition coefficient (Wildman–Crippen LogP) is 5.53. The third-order valence-electron chi connectivity index (χ3n) is 12.7. The normalized spacial score (nSPS) is 25.8. The lowest BCUT2D eigenvalue weighted by atomic mass is 9.56. The van der Waals surface area contributed by atoms with Crippen LogP contribution in [0.4, 0.5) is 18.9 Å². The fourth-order valence-corrected chi connectivity index (χ4v) is 10.0. The number of hydrogen-bond acceptors (Lipinski definition) is 8. The number of carbonyl (C=O) groups excluding carboxylic acids is 1. The molecule has 0 bridgehead atoms. The van der Waals surface area contributed by atoms with Gasteiger partial charge in [-0.05, 0) is 111 Å². The highest BCUT2D eigenvalue weighted by Gasteiger charge is 2.53. The van der Waals surface area contributed by atoms with Crippen LogP contribution in [0.15, 0.2) is 36.4 Å². The molecular formula is C40H52F3N5O3. The number of piperidine rings is 1.